The first-order chi connectivity index (χ1) is 17.4. The number of benzene rings is 3. The topological polar surface area (TPSA) is 103 Å². The summed E-state index contributed by atoms with van der Waals surface area (Å²) in [5.74, 6) is 1.70. The Kier molecular flexibility index (Phi) is 7.28. The Morgan fingerprint density at radius 2 is 1.67 bits per heavy atom. The normalized spacial score (nSPS) is 15.4. The minimum absolute atomic E-state index is 0.0676. The predicted octanol–water partition coefficient (Wildman–Crippen LogP) is 5.04. The van der Waals surface area contributed by atoms with E-state index >= 15 is 0 Å². The quantitative estimate of drug-likeness (QED) is 0.367. The first-order valence-corrected chi connectivity index (χ1v) is 11.6. The summed E-state index contributed by atoms with van der Waals surface area (Å²) in [7, 11) is 4.68. The maximum Gasteiger partial charge on any atom is 0.318 e. The van der Waals surface area contributed by atoms with E-state index in [1.807, 2.05) is 42.5 Å². The molecule has 1 N–H and O–H groups in total. The number of hydrogen-bond acceptors (Lipinski definition) is 6. The van der Waals surface area contributed by atoms with Crippen LogP contribution < -0.4 is 19.5 Å². The zero-order valence-corrected chi connectivity index (χ0v) is 20.7. The van der Waals surface area contributed by atoms with Crippen LogP contribution >= 0.6 is 0 Å². The van der Waals surface area contributed by atoms with Crippen molar-refractivity contribution in [2.24, 2.45) is 0 Å². The van der Waals surface area contributed by atoms with Crippen molar-refractivity contribution in [3.05, 3.63) is 93.0 Å². The molecule has 9 nitrogen and oxygen atoms in total. The number of urea groups is 1. The number of ether oxygens (including phenoxy) is 3. The van der Waals surface area contributed by atoms with Crippen LogP contribution in [0.25, 0.3) is 0 Å². The Hall–Kier alpha value is -4.27. The fourth-order valence-corrected chi connectivity index (χ4v) is 4.68. The summed E-state index contributed by atoms with van der Waals surface area (Å²) in [4.78, 5) is 26.3. The van der Waals surface area contributed by atoms with Crippen LogP contribution in [-0.4, -0.2) is 43.7 Å². The number of amides is 2. The molecule has 0 spiro atoms. The van der Waals surface area contributed by atoms with Gasteiger partial charge in [-0.25, -0.2) is 4.79 Å². The third kappa shape index (κ3) is 4.77. The highest BCUT2D eigenvalue weighted by molar-refractivity contribution is 5.77. The third-order valence-electron chi connectivity index (χ3n) is 6.48. The van der Waals surface area contributed by atoms with E-state index in [0.29, 0.717) is 35.8 Å². The lowest BCUT2D eigenvalue weighted by atomic mass is 9.88. The van der Waals surface area contributed by atoms with Crippen LogP contribution in [0.15, 0.2) is 60.7 Å². The summed E-state index contributed by atoms with van der Waals surface area (Å²) in [6.07, 6.45) is 0.640. The summed E-state index contributed by atoms with van der Waals surface area (Å²) in [5, 5.41) is 14.3. The minimum atomic E-state index is -0.532. The molecule has 0 unspecified atom stereocenters. The largest absolute Gasteiger partial charge is 0.496 e. The van der Waals surface area contributed by atoms with E-state index in [0.717, 1.165) is 16.7 Å². The van der Waals surface area contributed by atoms with Gasteiger partial charge in [-0.2, -0.15) is 0 Å². The molecular formula is C27H29N3O6. The van der Waals surface area contributed by atoms with Crippen molar-refractivity contribution < 1.29 is 23.9 Å². The van der Waals surface area contributed by atoms with Gasteiger partial charge in [0.1, 0.15) is 5.75 Å². The molecule has 0 saturated heterocycles. The Balaban J connectivity index is 1.70. The number of nitro groups is 1. The van der Waals surface area contributed by atoms with Gasteiger partial charge < -0.3 is 24.4 Å². The second kappa shape index (κ2) is 10.6. The van der Waals surface area contributed by atoms with Crippen molar-refractivity contribution in [3.8, 4) is 17.2 Å². The molecule has 2 atom stereocenters. The molecule has 4 rings (SSSR count). The first-order valence-electron chi connectivity index (χ1n) is 11.6. The summed E-state index contributed by atoms with van der Waals surface area (Å²) in [6, 6.07) is 16.9. The van der Waals surface area contributed by atoms with E-state index < -0.39 is 11.0 Å². The molecule has 3 aromatic rings. The van der Waals surface area contributed by atoms with Crippen molar-refractivity contribution >= 4 is 11.7 Å². The molecule has 0 bridgehead atoms. The van der Waals surface area contributed by atoms with E-state index in [-0.39, 0.29) is 17.8 Å². The third-order valence-corrected chi connectivity index (χ3v) is 6.48. The number of hydrogen-bond donors (Lipinski definition) is 1. The highest BCUT2D eigenvalue weighted by atomic mass is 16.6. The summed E-state index contributed by atoms with van der Waals surface area (Å²) >= 11 is 0. The number of methoxy groups -OCH3 is 3. The van der Waals surface area contributed by atoms with Crippen LogP contribution in [0.4, 0.5) is 10.5 Å². The molecule has 3 aromatic carbocycles. The molecule has 1 heterocycles. The van der Waals surface area contributed by atoms with E-state index in [9.17, 15) is 14.9 Å². The molecular weight excluding hydrogens is 462 g/mol. The lowest BCUT2D eigenvalue weighted by Gasteiger charge is -2.38. The van der Waals surface area contributed by atoms with E-state index in [4.69, 9.17) is 14.2 Å². The van der Waals surface area contributed by atoms with Gasteiger partial charge >= 0.3 is 6.03 Å². The molecule has 0 radical (unpaired) electrons. The summed E-state index contributed by atoms with van der Waals surface area (Å²) < 4.78 is 16.4. The van der Waals surface area contributed by atoms with Gasteiger partial charge in [-0.3, -0.25) is 10.1 Å². The molecule has 1 aliphatic heterocycles. The first kappa shape index (κ1) is 24.8. The zero-order valence-electron chi connectivity index (χ0n) is 20.7. The zero-order chi connectivity index (χ0) is 25.8. The number of rotatable bonds is 7. The van der Waals surface area contributed by atoms with Gasteiger partial charge in [-0.1, -0.05) is 30.3 Å². The maximum atomic E-state index is 13.7. The second-order valence-corrected chi connectivity index (χ2v) is 8.52. The number of fused-ring (bicyclic) bond motifs is 1. The molecule has 36 heavy (non-hydrogen) atoms. The minimum Gasteiger partial charge on any atom is -0.496 e. The molecule has 1 aliphatic rings. The average Bonchev–Trinajstić information content (AvgIpc) is 2.91. The Bertz CT molecular complexity index is 1260. The van der Waals surface area contributed by atoms with Crippen molar-refractivity contribution in [1.29, 1.82) is 0 Å². The van der Waals surface area contributed by atoms with Crippen LogP contribution in [0.5, 0.6) is 17.2 Å². The van der Waals surface area contributed by atoms with Gasteiger partial charge in [0, 0.05) is 24.2 Å². The van der Waals surface area contributed by atoms with Crippen molar-refractivity contribution in [3.63, 3.8) is 0 Å². The van der Waals surface area contributed by atoms with Crippen molar-refractivity contribution in [2.45, 2.75) is 25.4 Å². The number of carbonyl (C=O) groups is 1. The van der Waals surface area contributed by atoms with Crippen LogP contribution in [-0.2, 0) is 6.42 Å². The predicted molar refractivity (Wildman–Crippen MR) is 135 cm³/mol. The number of non-ortho nitro benzene ring substituents is 1. The monoisotopic (exact) mass is 491 g/mol. The van der Waals surface area contributed by atoms with Crippen LogP contribution in [0, 0.1) is 10.1 Å². The molecule has 188 valence electrons. The smallest absolute Gasteiger partial charge is 0.318 e. The van der Waals surface area contributed by atoms with Crippen molar-refractivity contribution in [1.82, 2.24) is 10.2 Å². The molecule has 0 fully saturated rings. The maximum absolute atomic E-state index is 13.7. The van der Waals surface area contributed by atoms with Crippen molar-refractivity contribution in [2.75, 3.05) is 27.9 Å². The molecule has 0 aromatic heterocycles. The fourth-order valence-electron chi connectivity index (χ4n) is 4.68. The number of nitro benzene ring substituents is 1. The van der Waals surface area contributed by atoms with E-state index in [1.165, 1.54) is 19.2 Å². The summed E-state index contributed by atoms with van der Waals surface area (Å²) in [5.41, 5.74) is 3.46. The number of nitrogens with zero attached hydrogens (tertiary/aromatic N) is 2. The van der Waals surface area contributed by atoms with E-state index in [1.54, 1.807) is 32.1 Å². The van der Waals surface area contributed by atoms with Crippen LogP contribution in [0.1, 0.15) is 41.3 Å². The van der Waals surface area contributed by atoms with Gasteiger partial charge in [-0.05, 0) is 48.2 Å². The number of nitrogens with one attached hydrogen (secondary N) is 1. The molecule has 0 saturated carbocycles. The van der Waals surface area contributed by atoms with Gasteiger partial charge in [0.05, 0.1) is 38.3 Å². The van der Waals surface area contributed by atoms with Gasteiger partial charge in [0.2, 0.25) is 0 Å². The van der Waals surface area contributed by atoms with Gasteiger partial charge in [0.25, 0.3) is 5.69 Å². The SMILES string of the molecule is COc1cc2c(cc1OC)[C@@H](c1ccccc1)N(C(=O)N[C@H](C)c1cc([N+](=O)[O-])ccc1OC)CC2. The summed E-state index contributed by atoms with van der Waals surface area (Å²) in [6.45, 7) is 2.26. The lowest BCUT2D eigenvalue weighted by Crippen LogP contribution is -2.46. The molecule has 0 aliphatic carbocycles. The molecule has 2 amide bonds. The average molecular weight is 492 g/mol. The Morgan fingerprint density at radius 3 is 2.31 bits per heavy atom. The lowest BCUT2D eigenvalue weighted by molar-refractivity contribution is -0.385. The standard InChI is InChI=1S/C27H29N3O6/c1-17(21-15-20(30(32)33)10-11-23(21)34-2)28-27(31)29-13-12-19-14-24(35-3)25(36-4)16-22(19)26(29)18-8-6-5-7-9-18/h5-11,14-17,26H,12-13H2,1-4H3,(H,28,31)/t17-,26-/m1/s1. The Labute approximate surface area is 209 Å². The Morgan fingerprint density at radius 1 is 1.00 bits per heavy atom. The highest BCUT2D eigenvalue weighted by Crippen LogP contribution is 2.41. The fraction of sp³-hybridized carbons (Fsp3) is 0.296. The van der Waals surface area contributed by atoms with Gasteiger partial charge in [0.15, 0.2) is 11.5 Å². The second-order valence-electron chi connectivity index (χ2n) is 8.52. The number of carbonyl (C=O) groups excluding carboxylic acids is 1. The van der Waals surface area contributed by atoms with E-state index in [2.05, 4.69) is 5.32 Å². The molecule has 9 heteroatoms. The van der Waals surface area contributed by atoms with Crippen LogP contribution in [0.3, 0.4) is 0 Å². The highest BCUT2D eigenvalue weighted by Gasteiger charge is 2.34. The van der Waals surface area contributed by atoms with Crippen LogP contribution in [0.2, 0.25) is 0 Å². The van der Waals surface area contributed by atoms with Gasteiger partial charge in [-0.15, -0.1) is 0 Å².